The minimum Gasteiger partial charge on any atom is -0.480 e. The van der Waals surface area contributed by atoms with Gasteiger partial charge in [-0.3, -0.25) is 33.8 Å². The fourth-order valence-electron chi connectivity index (χ4n) is 13.6. The fourth-order valence-corrected chi connectivity index (χ4v) is 13.6. The van der Waals surface area contributed by atoms with Crippen LogP contribution in [0.3, 0.4) is 0 Å². The van der Waals surface area contributed by atoms with Crippen molar-refractivity contribution in [1.82, 2.24) is 76.4 Å². The molecule has 0 spiro atoms. The number of aliphatic hydroxyl groups is 12. The van der Waals surface area contributed by atoms with E-state index in [-0.39, 0.29) is 184 Å². The molecule has 24 N–H and O–H groups in total. The zero-order valence-corrected chi connectivity index (χ0v) is 72.5. The van der Waals surface area contributed by atoms with Crippen LogP contribution in [0.5, 0.6) is 0 Å². The number of carboxylic acids is 1. The number of rotatable bonds is 66. The van der Waals surface area contributed by atoms with Gasteiger partial charge in [0.15, 0.2) is 25.2 Å². The van der Waals surface area contributed by atoms with Crippen LogP contribution in [0.4, 0.5) is 0 Å². The van der Waals surface area contributed by atoms with E-state index in [2.05, 4.69) is 52.1 Å². The van der Waals surface area contributed by atoms with Crippen molar-refractivity contribution in [3.8, 4) is 0 Å². The van der Waals surface area contributed by atoms with E-state index in [1.165, 1.54) is 43.9 Å². The highest BCUT2D eigenvalue weighted by Crippen LogP contribution is 2.27. The molecule has 4 aliphatic rings. The number of unbranched alkanes of at least 4 members (excludes halogenated alkanes) is 1. The number of aromatic nitrogens is 6. The molecule has 4 fully saturated rings. The van der Waals surface area contributed by atoms with Gasteiger partial charge in [0, 0.05) is 98.0 Å². The second kappa shape index (κ2) is 60.2. The average Bonchev–Trinajstić information content (AvgIpc) is 1.40. The Morgan fingerprint density at radius 3 is 1.13 bits per heavy atom. The van der Waals surface area contributed by atoms with Gasteiger partial charge in [-0.05, 0) is 19.4 Å². The lowest BCUT2D eigenvalue weighted by Gasteiger charge is -2.42. The molecule has 0 saturated carbocycles. The third-order valence-electron chi connectivity index (χ3n) is 20.0. The van der Waals surface area contributed by atoms with E-state index in [4.69, 9.17) is 93.2 Å². The number of aliphatic hydroxyl groups excluding tert-OH is 12. The van der Waals surface area contributed by atoms with E-state index in [9.17, 15) is 90.4 Å². The van der Waals surface area contributed by atoms with E-state index in [0.717, 1.165) is 0 Å². The minimum atomic E-state index is -1.48. The average molecular weight is 1830 g/mol. The number of carbonyl (C=O) groups excluding carboxylic acids is 4. The Balaban J connectivity index is 1.05. The van der Waals surface area contributed by atoms with E-state index in [1.54, 1.807) is 39.9 Å². The summed E-state index contributed by atoms with van der Waals surface area (Å²) in [7, 11) is 1.59. The van der Waals surface area contributed by atoms with Crippen LogP contribution in [0.25, 0.3) is 0 Å². The Morgan fingerprint density at radius 2 is 0.795 bits per heavy atom. The molecule has 0 radical (unpaired) electrons. The molecule has 6 heterocycles. The number of aliphatic carboxylic acids is 1. The maximum absolute atomic E-state index is 13.6. The van der Waals surface area contributed by atoms with Crippen LogP contribution in [0.15, 0.2) is 36.2 Å². The molecular weight excluding hydrogens is 1700 g/mol. The Hall–Kier alpha value is -6.97. The van der Waals surface area contributed by atoms with Gasteiger partial charge in [0.05, 0.1) is 195 Å². The topological polar surface area (TPSA) is 709 Å². The summed E-state index contributed by atoms with van der Waals surface area (Å²) in [5.41, 5.74) is 8.52. The molecule has 21 unspecified atom stereocenters. The van der Waals surface area contributed by atoms with Gasteiger partial charge in [-0.1, -0.05) is 16.8 Å². The minimum absolute atomic E-state index is 0.0209. The van der Waals surface area contributed by atoms with Crippen molar-refractivity contribution in [1.29, 1.82) is 0 Å². The van der Waals surface area contributed by atoms with Crippen molar-refractivity contribution in [2.24, 2.45) is 17.4 Å². The van der Waals surface area contributed by atoms with Crippen LogP contribution in [-0.4, -0.2) is 473 Å². The van der Waals surface area contributed by atoms with Gasteiger partial charge in [-0.2, -0.15) is 0 Å². The first-order valence-corrected chi connectivity index (χ1v) is 42.0. The Morgan fingerprint density at radius 1 is 0.465 bits per heavy atom. The van der Waals surface area contributed by atoms with Crippen molar-refractivity contribution in [3.05, 3.63) is 47.6 Å². The van der Waals surface area contributed by atoms with E-state index in [1.807, 2.05) is 0 Å². The number of nitrogens with zero attached hydrogens (tertiary/aromatic N) is 10. The fraction of sp³-hybridized carbons (Fsp3) is 0.827. The van der Waals surface area contributed by atoms with Crippen molar-refractivity contribution in [2.75, 3.05) is 198 Å². The molecule has 0 aliphatic carbocycles. The lowest BCUT2D eigenvalue weighted by Crippen LogP contribution is -2.64. The van der Waals surface area contributed by atoms with Gasteiger partial charge in [-0.25, -0.2) is 21.0 Å². The highest BCUT2D eigenvalue weighted by atomic mass is 16.7. The number of carboxylic acid groups (broad SMARTS) is 1. The van der Waals surface area contributed by atoms with E-state index < -0.39 is 185 Å². The number of hydrogen-bond donors (Lipinski definition) is 21. The summed E-state index contributed by atoms with van der Waals surface area (Å²) in [4.78, 5) is 64.6. The first-order chi connectivity index (χ1) is 61.0. The number of nitrogens with one attached hydrogen (secondary N) is 5. The second-order valence-corrected chi connectivity index (χ2v) is 30.2. The van der Waals surface area contributed by atoms with Crippen molar-refractivity contribution in [3.63, 3.8) is 0 Å². The molecule has 0 aromatic carbocycles. The number of ether oxygens (including phenoxy) is 16. The number of nitrogens with two attached hydrogens (primary N) is 3. The molecule has 52 heteroatoms. The van der Waals surface area contributed by atoms with E-state index >= 15 is 0 Å². The predicted octanol–water partition coefficient (Wildman–Crippen LogP) is -12.0. The standard InChI is InChI=1S/C75H136N18O34/c1-46(98)80-59-67(106)63(102)55(42-94)124-72(59)120-30-26-116-22-18-112-14-9-79-34-53(88(5)77)41-90(35-50(76)36-91(78)11-15-113-19-23-117-27-31-121-73-60(81-47(2)99)68(107)64(103)56(43-95)125-73)54(71(110)111)8-6-7-10-89(37-51-39-92(86-84-51)12-16-114-20-24-118-28-32-122-74-61(82-48(3)100)69(108)65(104)57(44-96)126-74)38-52-40-93(87-85-52)13-17-115-21-25-119-29-33-123-75-62(83-49(4)101)70(109)66(105)58(45-97)127-75/h34,36,39-40,54-70,72-75,79,94-97,102-109H,6-33,35,37-38,41-45,76-78H2,1-5H3,(H,80,98)(H,81,99)(H,82,100)(H,83,101)(H,110,111)/b50-36-,53-34-. The summed E-state index contributed by atoms with van der Waals surface area (Å²) in [6, 6.07) is -5.59. The molecule has 4 saturated heterocycles. The number of hydrazine groups is 2. The predicted molar refractivity (Wildman–Crippen MR) is 434 cm³/mol. The molecule has 4 aliphatic heterocycles. The maximum Gasteiger partial charge on any atom is 0.320 e. The summed E-state index contributed by atoms with van der Waals surface area (Å²) in [5, 5.41) is 167. The van der Waals surface area contributed by atoms with Gasteiger partial charge < -0.3 is 185 Å². The molecule has 6 rings (SSSR count). The van der Waals surface area contributed by atoms with Crippen molar-refractivity contribution in [2.45, 2.75) is 202 Å². The molecule has 2 aromatic rings. The summed E-state index contributed by atoms with van der Waals surface area (Å²) >= 11 is 0. The summed E-state index contributed by atoms with van der Waals surface area (Å²) in [6.07, 6.45) is -13.5. The van der Waals surface area contributed by atoms with Gasteiger partial charge in [-0.15, -0.1) is 10.2 Å². The summed E-state index contributed by atoms with van der Waals surface area (Å²) in [6.45, 7) is 6.57. The third kappa shape index (κ3) is 39.2. The molecular formula is C75H136N18O34. The normalized spacial score (nSPS) is 26.8. The molecule has 2 aromatic heterocycles. The lowest BCUT2D eigenvalue weighted by molar-refractivity contribution is -0.272. The molecule has 52 nitrogen and oxygen atoms in total. The van der Waals surface area contributed by atoms with Crippen LogP contribution in [0.2, 0.25) is 0 Å². The number of carbonyl (C=O) groups is 5. The van der Waals surface area contributed by atoms with Crippen LogP contribution >= 0.6 is 0 Å². The number of hydrogen-bond acceptors (Lipinski definition) is 45. The zero-order chi connectivity index (χ0) is 92.7. The molecule has 730 valence electrons. The highest BCUT2D eigenvalue weighted by Gasteiger charge is 2.49. The quantitative estimate of drug-likeness (QED) is 0.0166. The monoisotopic (exact) mass is 1830 g/mol. The maximum atomic E-state index is 13.6. The first kappa shape index (κ1) is 109. The first-order valence-electron chi connectivity index (χ1n) is 42.0. The molecule has 127 heavy (non-hydrogen) atoms. The smallest absolute Gasteiger partial charge is 0.320 e. The molecule has 21 atom stereocenters. The zero-order valence-electron chi connectivity index (χ0n) is 72.5. The molecule has 4 amide bonds. The van der Waals surface area contributed by atoms with E-state index in [0.29, 0.717) is 49.6 Å². The van der Waals surface area contributed by atoms with Crippen molar-refractivity contribution >= 4 is 29.6 Å². The Kier molecular flexibility index (Phi) is 51.5. The van der Waals surface area contributed by atoms with Crippen LogP contribution in [0, 0.1) is 0 Å². The highest BCUT2D eigenvalue weighted by molar-refractivity contribution is 5.75. The number of amides is 4. The van der Waals surface area contributed by atoms with Gasteiger partial charge in [0.25, 0.3) is 0 Å². The van der Waals surface area contributed by atoms with Gasteiger partial charge in [0.2, 0.25) is 23.6 Å². The molecule has 0 bridgehead atoms. The largest absolute Gasteiger partial charge is 0.480 e. The SMILES string of the molecule is CC(=O)NC1C(OCCOCCOCCN/C=C(/CN(C/C(N)=C/N(N)CCOCCOCCOC2OC(CO)C(O)C(O)C2NC(C)=O)C(CCCCN(Cc2cn(CCOCCOCCOC3OC(CO)C(O)C(O)C3NC(C)=O)nn2)Cc2cn(CCOCCOCCOC3OC(CO)C(O)C(O)C3NC(C)=O)nn2)C(=O)O)N(C)N)OC(CO)C(O)C1O. The van der Waals surface area contributed by atoms with Crippen LogP contribution < -0.4 is 44.0 Å². The van der Waals surface area contributed by atoms with Crippen molar-refractivity contribution < 1.29 is 166 Å². The van der Waals surface area contributed by atoms with Gasteiger partial charge in [0.1, 0.15) is 103 Å². The Bertz CT molecular complexity index is 3360. The lowest BCUT2D eigenvalue weighted by atomic mass is 9.97. The summed E-state index contributed by atoms with van der Waals surface area (Å²) < 4.78 is 94.1. The van der Waals surface area contributed by atoms with Crippen LogP contribution in [0.1, 0.15) is 58.3 Å². The summed E-state index contributed by atoms with van der Waals surface area (Å²) in [5.74, 6) is 9.71. The van der Waals surface area contributed by atoms with Crippen LogP contribution in [-0.2, 0) is 126 Å². The third-order valence-corrected chi connectivity index (χ3v) is 20.0. The Labute approximate surface area is 734 Å². The second-order valence-electron chi connectivity index (χ2n) is 30.2. The van der Waals surface area contributed by atoms with Gasteiger partial charge >= 0.3 is 5.97 Å². The number of likely N-dealkylation sites (N-methyl/N-ethyl adjacent to an activating group) is 1.